The van der Waals surface area contributed by atoms with Crippen LogP contribution in [-0.2, 0) is 32.3 Å². The summed E-state index contributed by atoms with van der Waals surface area (Å²) in [4.78, 5) is 29.3. The fourth-order valence-electron chi connectivity index (χ4n) is 11.7. The largest absolute Gasteiger partial charge is 0.508 e. The lowest BCUT2D eigenvalue weighted by atomic mass is 9.69. The molecular formula is C74H95NO10. The molecule has 2 atom stereocenters. The molecule has 11 heteroatoms. The first kappa shape index (κ1) is 70.1. The molecule has 0 aliphatic rings. The van der Waals surface area contributed by atoms with Crippen LogP contribution < -0.4 is 15.2 Å². The Morgan fingerprint density at radius 1 is 0.459 bits per heavy atom. The number of hydrogen-bond donors (Lipinski definition) is 6. The van der Waals surface area contributed by atoms with Gasteiger partial charge in [0, 0.05) is 33.9 Å². The molecule has 0 aromatic heterocycles. The number of hydrogen-bond acceptors (Lipinski definition) is 11. The van der Waals surface area contributed by atoms with Crippen molar-refractivity contribution in [2.24, 2.45) is 0 Å². The van der Waals surface area contributed by atoms with E-state index in [0.717, 1.165) is 77.7 Å². The molecule has 11 nitrogen and oxygen atoms in total. The summed E-state index contributed by atoms with van der Waals surface area (Å²) < 4.78 is 11.3. The van der Waals surface area contributed by atoms with Crippen LogP contribution in [0.25, 0.3) is 0 Å². The van der Waals surface area contributed by atoms with Gasteiger partial charge in [-0.1, -0.05) is 151 Å². The molecule has 0 radical (unpaired) electrons. The Hall–Kier alpha value is -7.37. The van der Waals surface area contributed by atoms with Gasteiger partial charge in [-0.05, 0) is 202 Å². The SMILES string of the molecule is CCC(CC)(c1ccc(C)c(C)c1)c1ccc(O)c(C)c1.CCC(CC)(c1ccc(C)c(C)c1)c1ccc(OCC(O)CO)c(C)c1.CCC(CC)(c1ccc(OCC(O)CO)c(C)c1)c1ccc(C(=O)Cc2ccccc2N)c(C)c1.O=C=O. The Morgan fingerprint density at radius 2 is 0.788 bits per heavy atom. The first-order valence-corrected chi connectivity index (χ1v) is 30.0. The second kappa shape index (κ2) is 32.8. The van der Waals surface area contributed by atoms with Crippen molar-refractivity contribution in [1.82, 2.24) is 0 Å². The second-order valence-corrected chi connectivity index (χ2v) is 22.6. The van der Waals surface area contributed by atoms with E-state index in [0.29, 0.717) is 17.2 Å². The minimum absolute atomic E-state index is 0.0215. The fourth-order valence-corrected chi connectivity index (χ4v) is 11.7. The standard InChI is InChI=1S/C30H37NO4.C23H32O3.C20H26O.CO2/c1-5-30(6-2,24-12-14-29(21(4)16-24)35-19-25(33)18-32)23-11-13-26(20(3)15-23)28(34)17-22-9-7-8-10-27(22)31;1-6-23(7-2,19-9-8-16(3)17(4)12-19)20-10-11-22(18(5)13-20)26-15-21(25)14-24;1-6-20(7-2,17-9-8-14(3)15(4)12-17)18-10-11-19(21)16(5)13-18;2-1-3/h7-16,25,32-33H,5-6,17-19,31H2,1-4H3;8-13,21,24-25H,6-7,14-15H2,1-5H3;8-13,21H,6-7H2,1-5H3;. The molecule has 0 aliphatic carbocycles. The predicted molar refractivity (Wildman–Crippen MR) is 343 cm³/mol. The molecule has 0 saturated heterocycles. The number of ether oxygens (including phenoxy) is 2. The van der Waals surface area contributed by atoms with E-state index >= 15 is 0 Å². The lowest BCUT2D eigenvalue weighted by molar-refractivity contribution is -0.191. The number of aliphatic hydroxyl groups excluding tert-OH is 4. The van der Waals surface area contributed by atoms with E-state index in [1.165, 1.54) is 55.6 Å². The van der Waals surface area contributed by atoms with Crippen molar-refractivity contribution < 1.29 is 49.4 Å². The zero-order chi connectivity index (χ0) is 63.2. The average Bonchev–Trinajstić information content (AvgIpc) is 1.72. The molecule has 7 N–H and O–H groups in total. The Bertz CT molecular complexity index is 3250. The zero-order valence-corrected chi connectivity index (χ0v) is 53.0. The number of aliphatic hydroxyl groups is 4. The van der Waals surface area contributed by atoms with Gasteiger partial charge in [-0.25, -0.2) is 0 Å². The Kier molecular flexibility index (Phi) is 27.0. The van der Waals surface area contributed by atoms with Crippen LogP contribution in [0.4, 0.5) is 5.69 Å². The van der Waals surface area contributed by atoms with Crippen LogP contribution >= 0.6 is 0 Å². The topological polar surface area (TPSA) is 197 Å². The molecule has 456 valence electrons. The number of Topliss-reactive ketones (excluding diaryl/α,β-unsaturated/α-hetero) is 1. The van der Waals surface area contributed by atoms with E-state index in [1.54, 1.807) is 0 Å². The van der Waals surface area contributed by atoms with Crippen molar-refractivity contribution in [2.45, 2.75) is 170 Å². The van der Waals surface area contributed by atoms with Gasteiger partial charge in [-0.3, -0.25) is 4.79 Å². The van der Waals surface area contributed by atoms with Gasteiger partial charge in [0.15, 0.2) is 5.78 Å². The van der Waals surface area contributed by atoms with Gasteiger partial charge >= 0.3 is 6.15 Å². The van der Waals surface area contributed by atoms with Crippen molar-refractivity contribution >= 4 is 17.6 Å². The molecule has 7 aromatic rings. The van der Waals surface area contributed by atoms with Gasteiger partial charge in [0.05, 0.1) is 13.2 Å². The van der Waals surface area contributed by atoms with Crippen molar-refractivity contribution in [3.05, 3.63) is 222 Å². The van der Waals surface area contributed by atoms with Crippen LogP contribution in [0.3, 0.4) is 0 Å². The minimum atomic E-state index is -0.901. The van der Waals surface area contributed by atoms with Gasteiger partial charge in [-0.2, -0.15) is 9.59 Å². The lowest BCUT2D eigenvalue weighted by Crippen LogP contribution is -2.27. The molecule has 7 aromatic carbocycles. The maximum absolute atomic E-state index is 13.1. The number of anilines is 1. The van der Waals surface area contributed by atoms with E-state index in [-0.39, 0.29) is 61.0 Å². The van der Waals surface area contributed by atoms with Crippen molar-refractivity contribution in [3.63, 3.8) is 0 Å². The van der Waals surface area contributed by atoms with Crippen LogP contribution in [0.1, 0.15) is 174 Å². The Labute approximate surface area is 506 Å². The molecule has 0 saturated carbocycles. The smallest absolute Gasteiger partial charge is 0.373 e. The number of phenolic OH excluding ortho intramolecular Hbond substituents is 1. The quantitative estimate of drug-likeness (QED) is 0.0263. The lowest BCUT2D eigenvalue weighted by Gasteiger charge is -2.34. The Balaban J connectivity index is 0.000000276. The Morgan fingerprint density at radius 3 is 1.12 bits per heavy atom. The summed E-state index contributed by atoms with van der Waals surface area (Å²) in [6.45, 7) is 29.5. The van der Waals surface area contributed by atoms with Gasteiger partial charge in [0.25, 0.3) is 0 Å². The number of ketones is 1. The number of para-hydroxylation sites is 1. The minimum Gasteiger partial charge on any atom is -0.508 e. The highest BCUT2D eigenvalue weighted by atomic mass is 16.5. The predicted octanol–water partition coefficient (Wildman–Crippen LogP) is 14.4. The fraction of sp³-hybridized carbons (Fsp3) is 0.405. The van der Waals surface area contributed by atoms with Crippen LogP contribution in [-0.4, -0.2) is 76.1 Å². The highest BCUT2D eigenvalue weighted by molar-refractivity contribution is 5.99. The average molecular weight is 1160 g/mol. The molecule has 0 fully saturated rings. The number of aromatic hydroxyl groups is 1. The number of aryl methyl sites for hydroxylation is 8. The second-order valence-electron chi connectivity index (χ2n) is 22.6. The van der Waals surface area contributed by atoms with Crippen LogP contribution in [0.15, 0.2) is 133 Å². The third-order valence-electron chi connectivity index (χ3n) is 17.7. The van der Waals surface area contributed by atoms with Gasteiger partial charge in [0.1, 0.15) is 42.7 Å². The summed E-state index contributed by atoms with van der Waals surface area (Å²) in [7, 11) is 0. The molecule has 0 bridgehead atoms. The summed E-state index contributed by atoms with van der Waals surface area (Å²) in [5.41, 5.74) is 25.0. The first-order valence-electron chi connectivity index (χ1n) is 30.0. The molecule has 7 rings (SSSR count). The normalized spacial score (nSPS) is 12.0. The molecule has 2 unspecified atom stereocenters. The van der Waals surface area contributed by atoms with Gasteiger partial charge in [-0.15, -0.1) is 0 Å². The van der Waals surface area contributed by atoms with Crippen LogP contribution in [0.5, 0.6) is 17.2 Å². The van der Waals surface area contributed by atoms with Gasteiger partial charge < -0.3 is 40.7 Å². The molecule has 0 spiro atoms. The van der Waals surface area contributed by atoms with E-state index in [2.05, 4.69) is 154 Å². The maximum Gasteiger partial charge on any atom is 0.373 e. The van der Waals surface area contributed by atoms with Crippen molar-refractivity contribution in [1.29, 1.82) is 0 Å². The van der Waals surface area contributed by atoms with E-state index in [4.69, 9.17) is 35.0 Å². The number of rotatable bonds is 23. The van der Waals surface area contributed by atoms with Crippen molar-refractivity contribution in [3.8, 4) is 17.2 Å². The first-order chi connectivity index (χ1) is 40.5. The molecule has 0 amide bonds. The van der Waals surface area contributed by atoms with E-state index in [1.807, 2.05) is 76.2 Å². The highest BCUT2D eigenvalue weighted by Gasteiger charge is 2.34. The summed E-state index contributed by atoms with van der Waals surface area (Å²) in [5.74, 6) is 1.88. The number of carbonyl (C=O) groups is 1. The number of nitrogen functional groups attached to an aromatic ring is 1. The molecule has 0 aliphatic heterocycles. The summed E-state index contributed by atoms with van der Waals surface area (Å²) in [5, 5.41) is 46.9. The summed E-state index contributed by atoms with van der Waals surface area (Å²) >= 11 is 0. The third-order valence-corrected chi connectivity index (χ3v) is 17.7. The van der Waals surface area contributed by atoms with Crippen molar-refractivity contribution in [2.75, 3.05) is 32.2 Å². The highest BCUT2D eigenvalue weighted by Crippen LogP contribution is 2.44. The summed E-state index contributed by atoms with van der Waals surface area (Å²) in [6, 6.07) is 45.8. The van der Waals surface area contributed by atoms with E-state index < -0.39 is 12.2 Å². The number of nitrogens with two attached hydrogens (primary N) is 1. The number of benzene rings is 7. The summed E-state index contributed by atoms with van der Waals surface area (Å²) in [6.07, 6.45) is 4.73. The number of phenols is 1. The van der Waals surface area contributed by atoms with Crippen LogP contribution in [0.2, 0.25) is 0 Å². The molecular weight excluding hydrogens is 1060 g/mol. The maximum atomic E-state index is 13.1. The molecule has 85 heavy (non-hydrogen) atoms. The third kappa shape index (κ3) is 17.2. The van der Waals surface area contributed by atoms with Crippen LogP contribution in [0, 0.1) is 55.4 Å². The number of carbonyl (C=O) groups excluding carboxylic acids is 3. The van der Waals surface area contributed by atoms with E-state index in [9.17, 15) is 20.1 Å². The molecule has 0 heterocycles. The van der Waals surface area contributed by atoms with Gasteiger partial charge in [0.2, 0.25) is 0 Å². The zero-order valence-electron chi connectivity index (χ0n) is 53.0. The monoisotopic (exact) mass is 1160 g/mol.